The number of aromatic hydroxyl groups is 3. The SMILES string of the molecule is COc1cccc(NC(=O)Nc2cc(Cl)c(C)c(Cl)c2O)c1.Cc1c(Cl)cc(NC(=O)Nc2ccc3c(c2)OCO3)c(O)c1Cl.Cc1ccccc1NC(=O)Nc1cc(Cl)c(C)c(Cl)c1O. The van der Waals surface area contributed by atoms with Gasteiger partial charge in [-0.25, -0.2) is 14.4 Å². The van der Waals surface area contributed by atoms with E-state index in [-0.39, 0.29) is 56.2 Å². The number of ether oxygens (including phenoxy) is 3. The number of carbonyl (C=O) groups is 3. The molecular formula is C45H40Cl6N6O9. The molecule has 21 heteroatoms. The van der Waals surface area contributed by atoms with Gasteiger partial charge in [0.25, 0.3) is 0 Å². The molecule has 0 spiro atoms. The molecule has 7 rings (SSSR count). The van der Waals surface area contributed by atoms with Crippen LogP contribution in [0.25, 0.3) is 0 Å². The van der Waals surface area contributed by atoms with Gasteiger partial charge in [0, 0.05) is 44.3 Å². The Balaban J connectivity index is 0.000000186. The van der Waals surface area contributed by atoms with E-state index in [2.05, 4.69) is 31.9 Å². The molecule has 0 saturated carbocycles. The molecule has 15 nitrogen and oxygen atoms in total. The number of methoxy groups -OCH3 is 1. The summed E-state index contributed by atoms with van der Waals surface area (Å²) in [6.07, 6.45) is 0. The minimum atomic E-state index is -0.560. The Labute approximate surface area is 408 Å². The first-order valence-electron chi connectivity index (χ1n) is 19.1. The van der Waals surface area contributed by atoms with E-state index in [1.165, 1.54) is 25.3 Å². The molecule has 0 unspecified atom stereocenters. The van der Waals surface area contributed by atoms with Crippen molar-refractivity contribution in [2.75, 3.05) is 45.8 Å². The standard InChI is InChI=1S/C15H12Cl2N2O4.C15H14Cl2N2O3.C15H14Cl2N2O2/c1-7-9(16)5-10(14(20)13(7)17)19-15(21)18-8-2-3-11-12(4-8)23-6-22-11;1-8-11(16)7-12(14(20)13(8)17)19-15(21)18-9-4-3-5-10(6-9)22-2;1-8-5-3-4-6-11(8)18-15(21)19-12-7-10(16)9(2)13(17)14(12)20/h2-5,20H,6H2,1H3,(H2,18,19,21);3-7,20H,1-2H3,(H2,18,19,21);3-7,20H,1-2H3,(H2,18,19,21). The van der Waals surface area contributed by atoms with Crippen LogP contribution in [0, 0.1) is 27.7 Å². The van der Waals surface area contributed by atoms with Gasteiger partial charge >= 0.3 is 18.1 Å². The quantitative estimate of drug-likeness (QED) is 0.0695. The lowest BCUT2D eigenvalue weighted by Crippen LogP contribution is -2.20. The summed E-state index contributed by atoms with van der Waals surface area (Å²) in [6, 6.07) is 21.9. The lowest BCUT2D eigenvalue weighted by molar-refractivity contribution is 0.174. The van der Waals surface area contributed by atoms with Crippen LogP contribution in [-0.2, 0) is 0 Å². The fourth-order valence-electron chi connectivity index (χ4n) is 5.63. The Bertz CT molecular complexity index is 2820. The molecule has 6 amide bonds. The number of fused-ring (bicyclic) bond motifs is 1. The highest BCUT2D eigenvalue weighted by Crippen LogP contribution is 2.41. The summed E-state index contributed by atoms with van der Waals surface area (Å²) in [6.45, 7) is 7.05. The summed E-state index contributed by atoms with van der Waals surface area (Å²) in [5, 5.41) is 46.7. The molecule has 1 aliphatic heterocycles. The summed E-state index contributed by atoms with van der Waals surface area (Å²) in [4.78, 5) is 36.0. The predicted molar refractivity (Wildman–Crippen MR) is 263 cm³/mol. The van der Waals surface area contributed by atoms with Crippen molar-refractivity contribution in [1.82, 2.24) is 0 Å². The monoisotopic (exact) mass is 1020 g/mol. The number of para-hydroxylation sites is 1. The number of carbonyl (C=O) groups excluding carboxylic acids is 3. The van der Waals surface area contributed by atoms with Crippen molar-refractivity contribution in [3.63, 3.8) is 0 Å². The van der Waals surface area contributed by atoms with Crippen LogP contribution in [0.2, 0.25) is 30.1 Å². The minimum Gasteiger partial charge on any atom is -0.504 e. The van der Waals surface area contributed by atoms with E-state index < -0.39 is 18.1 Å². The molecule has 0 bridgehead atoms. The van der Waals surface area contributed by atoms with Crippen molar-refractivity contribution in [2.24, 2.45) is 0 Å². The number of hydrogen-bond donors (Lipinski definition) is 9. The van der Waals surface area contributed by atoms with Crippen LogP contribution < -0.4 is 46.1 Å². The van der Waals surface area contributed by atoms with E-state index in [1.54, 1.807) is 69.3 Å². The summed E-state index contributed by atoms with van der Waals surface area (Å²) in [5.74, 6) is 1.09. The molecule has 346 valence electrons. The second-order valence-electron chi connectivity index (χ2n) is 13.9. The van der Waals surface area contributed by atoms with Gasteiger partial charge in [-0.1, -0.05) is 93.9 Å². The Morgan fingerprint density at radius 3 is 1.39 bits per heavy atom. The third kappa shape index (κ3) is 12.9. The molecule has 0 fully saturated rings. The smallest absolute Gasteiger partial charge is 0.323 e. The van der Waals surface area contributed by atoms with Crippen molar-refractivity contribution in [2.45, 2.75) is 27.7 Å². The van der Waals surface area contributed by atoms with Gasteiger partial charge in [-0.2, -0.15) is 0 Å². The molecule has 0 aromatic heterocycles. The van der Waals surface area contributed by atoms with Crippen LogP contribution in [0.4, 0.5) is 48.5 Å². The van der Waals surface area contributed by atoms with E-state index in [4.69, 9.17) is 83.8 Å². The third-order valence-electron chi connectivity index (χ3n) is 9.36. The van der Waals surface area contributed by atoms with E-state index >= 15 is 0 Å². The normalized spacial score (nSPS) is 10.9. The maximum absolute atomic E-state index is 12.1. The highest BCUT2D eigenvalue weighted by Gasteiger charge is 2.19. The first-order chi connectivity index (χ1) is 31.3. The van der Waals surface area contributed by atoms with Crippen LogP contribution in [-0.4, -0.2) is 47.3 Å². The first-order valence-corrected chi connectivity index (χ1v) is 21.4. The molecule has 9 N–H and O–H groups in total. The van der Waals surface area contributed by atoms with E-state index in [9.17, 15) is 29.7 Å². The maximum atomic E-state index is 12.1. The molecule has 1 heterocycles. The lowest BCUT2D eigenvalue weighted by Gasteiger charge is -2.13. The first kappa shape index (κ1) is 50.7. The zero-order valence-corrected chi connectivity index (χ0v) is 39.9. The number of halogens is 6. The van der Waals surface area contributed by atoms with Crippen LogP contribution in [0.15, 0.2) is 84.9 Å². The van der Waals surface area contributed by atoms with Crippen LogP contribution in [0.3, 0.4) is 0 Å². The van der Waals surface area contributed by atoms with Crippen LogP contribution in [0.1, 0.15) is 22.3 Å². The third-order valence-corrected chi connectivity index (χ3v) is 11.9. The Morgan fingerprint density at radius 2 is 0.924 bits per heavy atom. The number of hydrogen-bond acceptors (Lipinski definition) is 9. The second-order valence-corrected chi connectivity index (χ2v) is 16.3. The minimum absolute atomic E-state index is 0.0934. The molecule has 0 radical (unpaired) electrons. The summed E-state index contributed by atoms with van der Waals surface area (Å²) in [5.41, 5.74) is 4.69. The lowest BCUT2D eigenvalue weighted by atomic mass is 10.2. The highest BCUT2D eigenvalue weighted by molar-refractivity contribution is 6.39. The van der Waals surface area contributed by atoms with Crippen molar-refractivity contribution in [3.05, 3.63) is 137 Å². The van der Waals surface area contributed by atoms with Gasteiger partial charge in [0.1, 0.15) is 5.75 Å². The molecular weight excluding hydrogens is 981 g/mol. The average Bonchev–Trinajstić information content (AvgIpc) is 3.76. The van der Waals surface area contributed by atoms with Gasteiger partial charge < -0.3 is 61.4 Å². The molecule has 66 heavy (non-hydrogen) atoms. The second kappa shape index (κ2) is 22.7. The van der Waals surface area contributed by atoms with Gasteiger partial charge in [-0.15, -0.1) is 0 Å². The summed E-state index contributed by atoms with van der Waals surface area (Å²) >= 11 is 35.8. The summed E-state index contributed by atoms with van der Waals surface area (Å²) < 4.78 is 15.5. The maximum Gasteiger partial charge on any atom is 0.323 e. The fraction of sp³-hybridized carbons (Fsp3) is 0.133. The summed E-state index contributed by atoms with van der Waals surface area (Å²) in [7, 11) is 1.54. The number of anilines is 6. The molecule has 0 aliphatic carbocycles. The van der Waals surface area contributed by atoms with Gasteiger partial charge in [-0.05, 0) is 98.5 Å². The molecule has 1 aliphatic rings. The van der Waals surface area contributed by atoms with E-state index in [1.807, 2.05) is 25.1 Å². The van der Waals surface area contributed by atoms with Crippen molar-refractivity contribution in [1.29, 1.82) is 0 Å². The number of aryl methyl sites for hydroxylation is 1. The van der Waals surface area contributed by atoms with Crippen LogP contribution >= 0.6 is 69.6 Å². The predicted octanol–water partition coefficient (Wildman–Crippen LogP) is 14.0. The van der Waals surface area contributed by atoms with Crippen molar-refractivity contribution < 1.29 is 43.9 Å². The molecule has 6 aromatic carbocycles. The molecule has 0 atom stereocenters. The molecule has 0 saturated heterocycles. The van der Waals surface area contributed by atoms with Crippen molar-refractivity contribution in [3.8, 4) is 34.5 Å². The van der Waals surface area contributed by atoms with Crippen molar-refractivity contribution >= 4 is 122 Å². The molecule has 6 aromatic rings. The number of amides is 6. The zero-order chi connectivity index (χ0) is 48.4. The highest BCUT2D eigenvalue weighted by atomic mass is 35.5. The van der Waals surface area contributed by atoms with Gasteiger partial charge in [-0.3, -0.25) is 0 Å². The topological polar surface area (TPSA) is 212 Å². The number of nitrogens with one attached hydrogen (secondary N) is 6. The fourth-order valence-corrected chi connectivity index (χ4v) is 7.00. The van der Waals surface area contributed by atoms with E-state index in [0.717, 1.165) is 5.56 Å². The number of urea groups is 3. The Hall–Kier alpha value is -6.33. The average molecular weight is 1020 g/mol. The van der Waals surface area contributed by atoms with Gasteiger partial charge in [0.2, 0.25) is 6.79 Å². The number of benzene rings is 6. The van der Waals surface area contributed by atoms with Gasteiger partial charge in [0.15, 0.2) is 28.7 Å². The van der Waals surface area contributed by atoms with Gasteiger partial charge in [0.05, 0.1) is 39.2 Å². The van der Waals surface area contributed by atoms with E-state index in [0.29, 0.717) is 66.1 Å². The largest absolute Gasteiger partial charge is 0.504 e. The number of rotatable bonds is 7. The number of phenolic OH excluding ortho intramolecular Hbond substituents is 3. The Kier molecular flexibility index (Phi) is 17.4. The number of phenols is 3. The zero-order valence-electron chi connectivity index (χ0n) is 35.3. The Morgan fingerprint density at radius 1 is 0.500 bits per heavy atom. The van der Waals surface area contributed by atoms with Crippen LogP contribution in [0.5, 0.6) is 34.5 Å².